The van der Waals surface area contributed by atoms with Gasteiger partial charge >= 0.3 is 0 Å². The van der Waals surface area contributed by atoms with Crippen molar-refractivity contribution in [3.63, 3.8) is 0 Å². The van der Waals surface area contributed by atoms with Gasteiger partial charge in [0.25, 0.3) is 0 Å². The van der Waals surface area contributed by atoms with Gasteiger partial charge in [-0.05, 0) is 25.2 Å². The maximum absolute atomic E-state index is 6.08. The summed E-state index contributed by atoms with van der Waals surface area (Å²) in [7, 11) is 0. The van der Waals surface area contributed by atoms with E-state index in [1.807, 2.05) is 11.3 Å². The van der Waals surface area contributed by atoms with E-state index in [9.17, 15) is 0 Å². The SMILES string of the molecule is CC(C)(C)c1csc(CC2(CBr)CCOC2C2CC2)n1. The third kappa shape index (κ3) is 2.84. The van der Waals surface area contributed by atoms with Crippen LogP contribution >= 0.6 is 27.3 Å². The Morgan fingerprint density at radius 2 is 2.20 bits per heavy atom. The molecule has 112 valence electrons. The molecule has 4 heteroatoms. The predicted octanol–water partition coefficient (Wildman–Crippen LogP) is 4.56. The van der Waals surface area contributed by atoms with Gasteiger partial charge in [-0.1, -0.05) is 36.7 Å². The minimum Gasteiger partial charge on any atom is -0.377 e. The molecule has 0 bridgehead atoms. The Bertz CT molecular complexity index is 477. The third-order valence-corrected chi connectivity index (χ3v) is 6.61. The van der Waals surface area contributed by atoms with Crippen LogP contribution in [-0.2, 0) is 16.6 Å². The van der Waals surface area contributed by atoms with Crippen LogP contribution in [0.25, 0.3) is 0 Å². The average Bonchev–Trinajstić information content (AvgIpc) is 2.96. The Morgan fingerprint density at radius 3 is 2.75 bits per heavy atom. The Kier molecular flexibility index (Phi) is 4.02. The van der Waals surface area contributed by atoms with Crippen molar-refractivity contribution in [3.8, 4) is 0 Å². The lowest BCUT2D eigenvalue weighted by Gasteiger charge is -2.31. The molecule has 2 nitrogen and oxygen atoms in total. The highest BCUT2D eigenvalue weighted by atomic mass is 79.9. The second kappa shape index (κ2) is 5.36. The minimum absolute atomic E-state index is 0.151. The number of thiazole rings is 1. The molecular weight excluding hydrogens is 334 g/mol. The summed E-state index contributed by atoms with van der Waals surface area (Å²) < 4.78 is 6.08. The van der Waals surface area contributed by atoms with E-state index in [-0.39, 0.29) is 10.8 Å². The van der Waals surface area contributed by atoms with Crippen LogP contribution in [0.3, 0.4) is 0 Å². The molecule has 1 saturated carbocycles. The van der Waals surface area contributed by atoms with Crippen molar-refractivity contribution in [3.05, 3.63) is 16.1 Å². The van der Waals surface area contributed by atoms with Crippen molar-refractivity contribution in [2.75, 3.05) is 11.9 Å². The zero-order valence-corrected chi connectivity index (χ0v) is 15.0. The van der Waals surface area contributed by atoms with Crippen molar-refractivity contribution < 1.29 is 4.74 Å². The number of halogens is 1. The molecule has 2 unspecified atom stereocenters. The molecule has 0 radical (unpaired) electrons. The molecule has 2 atom stereocenters. The highest BCUT2D eigenvalue weighted by Crippen LogP contribution is 2.50. The van der Waals surface area contributed by atoms with Crippen LogP contribution in [0.5, 0.6) is 0 Å². The molecule has 0 spiro atoms. The van der Waals surface area contributed by atoms with Crippen molar-refractivity contribution >= 4 is 27.3 Å². The van der Waals surface area contributed by atoms with Gasteiger partial charge in [0.15, 0.2) is 0 Å². The van der Waals surface area contributed by atoms with Gasteiger partial charge in [0.05, 0.1) is 16.8 Å². The molecule has 20 heavy (non-hydrogen) atoms. The van der Waals surface area contributed by atoms with Crippen LogP contribution in [-0.4, -0.2) is 23.0 Å². The lowest BCUT2D eigenvalue weighted by molar-refractivity contribution is 0.0413. The predicted molar refractivity (Wildman–Crippen MR) is 87.8 cm³/mol. The van der Waals surface area contributed by atoms with Crippen LogP contribution in [0.15, 0.2) is 5.38 Å². The lowest BCUT2D eigenvalue weighted by Crippen LogP contribution is -2.36. The molecule has 1 aliphatic heterocycles. The van der Waals surface area contributed by atoms with Gasteiger partial charge in [0, 0.05) is 34.6 Å². The molecule has 1 aromatic heterocycles. The summed E-state index contributed by atoms with van der Waals surface area (Å²) in [6.45, 7) is 7.62. The van der Waals surface area contributed by atoms with Gasteiger partial charge in [-0.3, -0.25) is 0 Å². The van der Waals surface area contributed by atoms with E-state index in [1.165, 1.54) is 30.0 Å². The van der Waals surface area contributed by atoms with Gasteiger partial charge in [-0.25, -0.2) is 4.98 Å². The normalized spacial score (nSPS) is 30.9. The fraction of sp³-hybridized carbons (Fsp3) is 0.812. The van der Waals surface area contributed by atoms with Gasteiger partial charge < -0.3 is 4.74 Å². The molecule has 2 heterocycles. The maximum Gasteiger partial charge on any atom is 0.0935 e. The first-order chi connectivity index (χ1) is 9.44. The van der Waals surface area contributed by atoms with Crippen LogP contribution in [0.4, 0.5) is 0 Å². The summed E-state index contributed by atoms with van der Waals surface area (Å²) in [5, 5.41) is 4.55. The average molecular weight is 358 g/mol. The summed E-state index contributed by atoms with van der Waals surface area (Å²) in [5.74, 6) is 0.803. The van der Waals surface area contributed by atoms with E-state index in [0.717, 1.165) is 24.3 Å². The number of nitrogens with zero attached hydrogens (tertiary/aromatic N) is 1. The molecule has 3 rings (SSSR count). The maximum atomic E-state index is 6.08. The van der Waals surface area contributed by atoms with Gasteiger partial charge in [-0.15, -0.1) is 11.3 Å². The van der Waals surface area contributed by atoms with Crippen molar-refractivity contribution in [1.29, 1.82) is 0 Å². The van der Waals surface area contributed by atoms with E-state index < -0.39 is 0 Å². The number of aromatic nitrogens is 1. The molecule has 2 fully saturated rings. The summed E-state index contributed by atoms with van der Waals surface area (Å²) in [6.07, 6.45) is 5.39. The number of hydrogen-bond acceptors (Lipinski definition) is 3. The van der Waals surface area contributed by atoms with E-state index >= 15 is 0 Å². The zero-order valence-electron chi connectivity index (χ0n) is 12.6. The first-order valence-corrected chi connectivity index (χ1v) is 9.57. The molecule has 0 aromatic carbocycles. The fourth-order valence-electron chi connectivity index (χ4n) is 3.16. The molecule has 2 aliphatic rings. The van der Waals surface area contributed by atoms with Crippen LogP contribution in [0.2, 0.25) is 0 Å². The quantitative estimate of drug-likeness (QED) is 0.736. The second-order valence-electron chi connectivity index (χ2n) is 7.43. The fourth-order valence-corrected chi connectivity index (χ4v) is 5.13. The highest BCUT2D eigenvalue weighted by Gasteiger charge is 2.50. The molecular formula is C16H24BrNOS. The molecule has 0 amide bonds. The van der Waals surface area contributed by atoms with Crippen LogP contribution < -0.4 is 0 Å². The first kappa shape index (κ1) is 15.0. The largest absolute Gasteiger partial charge is 0.377 e. The number of rotatable bonds is 4. The van der Waals surface area contributed by atoms with E-state index in [2.05, 4.69) is 42.1 Å². The second-order valence-corrected chi connectivity index (χ2v) is 8.93. The summed E-state index contributed by atoms with van der Waals surface area (Å²) in [6, 6.07) is 0. The van der Waals surface area contributed by atoms with Crippen molar-refractivity contribution in [2.45, 2.75) is 58.0 Å². The van der Waals surface area contributed by atoms with Crippen LogP contribution in [0.1, 0.15) is 50.7 Å². The van der Waals surface area contributed by atoms with Gasteiger partial charge in [0.2, 0.25) is 0 Å². The Morgan fingerprint density at radius 1 is 1.45 bits per heavy atom. The Hall–Kier alpha value is 0.0700. The third-order valence-electron chi connectivity index (χ3n) is 4.64. The summed E-state index contributed by atoms with van der Waals surface area (Å²) in [4.78, 5) is 4.89. The van der Waals surface area contributed by atoms with Crippen LogP contribution in [0, 0.1) is 11.3 Å². The molecule has 1 aromatic rings. The first-order valence-electron chi connectivity index (χ1n) is 7.57. The number of hydrogen-bond donors (Lipinski definition) is 0. The van der Waals surface area contributed by atoms with E-state index in [0.29, 0.717) is 6.10 Å². The minimum atomic E-state index is 0.151. The number of ether oxygens (including phenoxy) is 1. The zero-order chi connectivity index (χ0) is 14.4. The van der Waals surface area contributed by atoms with E-state index in [4.69, 9.17) is 9.72 Å². The summed E-state index contributed by atoms with van der Waals surface area (Å²) in [5.41, 5.74) is 1.65. The van der Waals surface area contributed by atoms with Crippen molar-refractivity contribution in [2.24, 2.45) is 11.3 Å². The topological polar surface area (TPSA) is 22.1 Å². The van der Waals surface area contributed by atoms with Gasteiger partial charge in [0.1, 0.15) is 0 Å². The smallest absolute Gasteiger partial charge is 0.0935 e. The van der Waals surface area contributed by atoms with Crippen molar-refractivity contribution in [1.82, 2.24) is 4.98 Å². The molecule has 0 N–H and O–H groups in total. The molecule has 1 aliphatic carbocycles. The lowest BCUT2D eigenvalue weighted by atomic mass is 9.78. The standard InChI is InChI=1S/C16H24BrNOS/c1-15(2,3)12-9-20-13(18-12)8-16(10-17)6-7-19-14(16)11-4-5-11/h9,11,14H,4-8,10H2,1-3H3. The van der Waals surface area contributed by atoms with Gasteiger partial charge in [-0.2, -0.15) is 0 Å². The molecule has 1 saturated heterocycles. The Labute approximate surface area is 134 Å². The number of alkyl halides is 1. The monoisotopic (exact) mass is 357 g/mol. The Balaban J connectivity index is 1.79. The highest BCUT2D eigenvalue weighted by molar-refractivity contribution is 9.09. The summed E-state index contributed by atoms with van der Waals surface area (Å²) >= 11 is 5.59. The van der Waals surface area contributed by atoms with E-state index in [1.54, 1.807) is 0 Å².